The Kier molecular flexibility index (Phi) is 3.84. The van der Waals surface area contributed by atoms with E-state index in [1.165, 1.54) is 10.9 Å². The molecule has 20 heavy (non-hydrogen) atoms. The van der Waals surface area contributed by atoms with E-state index in [1.54, 1.807) is 13.8 Å². The summed E-state index contributed by atoms with van der Waals surface area (Å²) in [5, 5.41) is 6.82. The first-order valence-electron chi connectivity index (χ1n) is 6.25. The van der Waals surface area contributed by atoms with Crippen LogP contribution >= 0.6 is 0 Å². The molecular weight excluding hydrogens is 256 g/mol. The molecule has 2 rings (SSSR count). The summed E-state index contributed by atoms with van der Waals surface area (Å²) in [6, 6.07) is 9.20. The van der Waals surface area contributed by atoms with E-state index in [9.17, 15) is 9.59 Å². The van der Waals surface area contributed by atoms with Crippen LogP contribution in [0.4, 0.5) is 5.82 Å². The zero-order valence-corrected chi connectivity index (χ0v) is 11.3. The molecule has 0 bridgehead atoms. The second-order valence-corrected chi connectivity index (χ2v) is 4.66. The van der Waals surface area contributed by atoms with Crippen molar-refractivity contribution in [1.82, 2.24) is 9.78 Å². The number of rotatable bonds is 4. The maximum absolute atomic E-state index is 11.9. The highest BCUT2D eigenvalue weighted by molar-refractivity contribution is 6.02. The fraction of sp³-hybridized carbons (Fsp3) is 0.214. The topological polar surface area (TPSA) is 90.0 Å². The van der Waals surface area contributed by atoms with Gasteiger partial charge in [0.1, 0.15) is 11.4 Å². The summed E-state index contributed by atoms with van der Waals surface area (Å²) in [5.74, 6) is -0.756. The lowest BCUT2D eigenvalue weighted by atomic mass is 10.2. The Labute approximate surface area is 116 Å². The number of hydrogen-bond acceptors (Lipinski definition) is 3. The molecule has 0 unspecified atom stereocenters. The molecule has 6 nitrogen and oxygen atoms in total. The largest absolute Gasteiger partial charge is 0.365 e. The lowest BCUT2D eigenvalue weighted by Gasteiger charge is -2.11. The van der Waals surface area contributed by atoms with Gasteiger partial charge in [-0.15, -0.1) is 0 Å². The van der Waals surface area contributed by atoms with Crippen LogP contribution in [-0.2, 0) is 4.79 Å². The standard InChI is InChI=1S/C14H16N4O2/c1-9(2)14(20)17-13-11(12(15)19)8-16-18(13)10-6-4-3-5-7-10/h3-9H,1-2H3,(H2,15,19)(H,17,20). The van der Waals surface area contributed by atoms with Gasteiger partial charge < -0.3 is 11.1 Å². The van der Waals surface area contributed by atoms with Gasteiger partial charge in [0.2, 0.25) is 5.91 Å². The van der Waals surface area contributed by atoms with E-state index < -0.39 is 5.91 Å². The zero-order valence-electron chi connectivity index (χ0n) is 11.3. The van der Waals surface area contributed by atoms with Crippen LogP contribution in [0.5, 0.6) is 0 Å². The molecule has 0 atom stereocenters. The highest BCUT2D eigenvalue weighted by atomic mass is 16.2. The van der Waals surface area contributed by atoms with Crippen molar-refractivity contribution in [2.75, 3.05) is 5.32 Å². The number of anilines is 1. The van der Waals surface area contributed by atoms with Crippen LogP contribution in [0, 0.1) is 5.92 Å². The molecule has 0 fully saturated rings. The third-order valence-corrected chi connectivity index (χ3v) is 2.80. The molecule has 0 saturated heterocycles. The van der Waals surface area contributed by atoms with Crippen LogP contribution in [0.1, 0.15) is 24.2 Å². The summed E-state index contributed by atoms with van der Waals surface area (Å²) in [6.07, 6.45) is 1.35. The van der Waals surface area contributed by atoms with Crippen molar-refractivity contribution >= 4 is 17.6 Å². The number of nitrogens with zero attached hydrogens (tertiary/aromatic N) is 2. The molecule has 0 aliphatic heterocycles. The maximum atomic E-state index is 11.9. The van der Waals surface area contributed by atoms with Crippen molar-refractivity contribution in [3.05, 3.63) is 42.1 Å². The number of para-hydroxylation sites is 1. The Morgan fingerprint density at radius 1 is 1.25 bits per heavy atom. The average Bonchev–Trinajstić information content (AvgIpc) is 2.83. The first-order chi connectivity index (χ1) is 9.50. The molecular formula is C14H16N4O2. The summed E-state index contributed by atoms with van der Waals surface area (Å²) in [5.41, 5.74) is 6.23. The summed E-state index contributed by atoms with van der Waals surface area (Å²) >= 11 is 0. The monoisotopic (exact) mass is 272 g/mol. The molecule has 0 spiro atoms. The summed E-state index contributed by atoms with van der Waals surface area (Å²) < 4.78 is 1.49. The van der Waals surface area contributed by atoms with Gasteiger partial charge in [-0.2, -0.15) is 5.10 Å². The second kappa shape index (κ2) is 5.56. The van der Waals surface area contributed by atoms with Crippen LogP contribution in [0.2, 0.25) is 0 Å². The Balaban J connectivity index is 2.48. The van der Waals surface area contributed by atoms with Gasteiger partial charge in [0, 0.05) is 5.92 Å². The van der Waals surface area contributed by atoms with Gasteiger partial charge >= 0.3 is 0 Å². The zero-order chi connectivity index (χ0) is 14.7. The number of hydrogen-bond donors (Lipinski definition) is 2. The smallest absolute Gasteiger partial charge is 0.254 e. The third kappa shape index (κ3) is 2.69. The number of aromatic nitrogens is 2. The molecule has 3 N–H and O–H groups in total. The highest BCUT2D eigenvalue weighted by Crippen LogP contribution is 2.20. The van der Waals surface area contributed by atoms with Crippen LogP contribution in [0.3, 0.4) is 0 Å². The van der Waals surface area contributed by atoms with E-state index >= 15 is 0 Å². The van der Waals surface area contributed by atoms with Crippen molar-refractivity contribution in [2.24, 2.45) is 11.7 Å². The predicted molar refractivity (Wildman–Crippen MR) is 75.5 cm³/mol. The molecule has 1 aromatic heterocycles. The van der Waals surface area contributed by atoms with Crippen molar-refractivity contribution < 1.29 is 9.59 Å². The SMILES string of the molecule is CC(C)C(=O)Nc1c(C(N)=O)cnn1-c1ccccc1. The van der Waals surface area contributed by atoms with E-state index in [1.807, 2.05) is 30.3 Å². The van der Waals surface area contributed by atoms with Crippen LogP contribution in [0.25, 0.3) is 5.69 Å². The summed E-state index contributed by atoms with van der Waals surface area (Å²) in [4.78, 5) is 23.3. The van der Waals surface area contributed by atoms with Gasteiger partial charge in [0.25, 0.3) is 5.91 Å². The molecule has 0 aliphatic carbocycles. The van der Waals surface area contributed by atoms with E-state index in [2.05, 4.69) is 10.4 Å². The lowest BCUT2D eigenvalue weighted by molar-refractivity contribution is -0.118. The first kappa shape index (κ1) is 13.8. The third-order valence-electron chi connectivity index (χ3n) is 2.80. The predicted octanol–water partition coefficient (Wildman–Crippen LogP) is 1.57. The second-order valence-electron chi connectivity index (χ2n) is 4.66. The Hall–Kier alpha value is -2.63. The molecule has 0 saturated carbocycles. The van der Waals surface area contributed by atoms with Gasteiger partial charge in [-0.25, -0.2) is 4.68 Å². The molecule has 0 radical (unpaired) electrons. The molecule has 1 heterocycles. The minimum Gasteiger partial charge on any atom is -0.365 e. The van der Waals surface area contributed by atoms with Gasteiger partial charge in [0.15, 0.2) is 0 Å². The maximum Gasteiger partial charge on any atom is 0.254 e. The van der Waals surface area contributed by atoms with Crippen LogP contribution < -0.4 is 11.1 Å². The number of nitrogens with one attached hydrogen (secondary N) is 1. The van der Waals surface area contributed by atoms with Gasteiger partial charge in [-0.3, -0.25) is 9.59 Å². The van der Waals surface area contributed by atoms with Crippen molar-refractivity contribution in [1.29, 1.82) is 0 Å². The summed E-state index contributed by atoms with van der Waals surface area (Å²) in [6.45, 7) is 3.53. The molecule has 0 aliphatic rings. The van der Waals surface area contributed by atoms with E-state index in [0.29, 0.717) is 5.82 Å². The van der Waals surface area contributed by atoms with Crippen molar-refractivity contribution in [3.8, 4) is 5.69 Å². The average molecular weight is 272 g/mol. The van der Waals surface area contributed by atoms with Crippen LogP contribution in [0.15, 0.2) is 36.5 Å². The Morgan fingerprint density at radius 3 is 2.45 bits per heavy atom. The van der Waals surface area contributed by atoms with E-state index in [-0.39, 0.29) is 17.4 Å². The normalized spacial score (nSPS) is 10.6. The molecule has 2 amide bonds. The Bertz CT molecular complexity index is 632. The van der Waals surface area contributed by atoms with Gasteiger partial charge in [0.05, 0.1) is 11.9 Å². The van der Waals surface area contributed by atoms with Gasteiger partial charge in [-0.05, 0) is 12.1 Å². The van der Waals surface area contributed by atoms with Crippen molar-refractivity contribution in [3.63, 3.8) is 0 Å². The lowest BCUT2D eigenvalue weighted by Crippen LogP contribution is -2.22. The van der Waals surface area contributed by atoms with Crippen LogP contribution in [-0.4, -0.2) is 21.6 Å². The minimum atomic E-state index is -0.633. The highest BCUT2D eigenvalue weighted by Gasteiger charge is 2.19. The fourth-order valence-corrected chi connectivity index (χ4v) is 1.68. The number of carbonyl (C=O) groups excluding carboxylic acids is 2. The molecule has 6 heteroatoms. The molecule has 2 aromatic rings. The first-order valence-corrected chi connectivity index (χ1v) is 6.25. The number of primary amides is 1. The summed E-state index contributed by atoms with van der Waals surface area (Å²) in [7, 11) is 0. The number of benzene rings is 1. The Morgan fingerprint density at radius 2 is 1.90 bits per heavy atom. The number of carbonyl (C=O) groups is 2. The minimum absolute atomic E-state index is 0.183. The fourth-order valence-electron chi connectivity index (χ4n) is 1.68. The molecule has 104 valence electrons. The quantitative estimate of drug-likeness (QED) is 0.885. The van der Waals surface area contributed by atoms with Crippen molar-refractivity contribution in [2.45, 2.75) is 13.8 Å². The number of amides is 2. The van der Waals surface area contributed by atoms with Gasteiger partial charge in [-0.1, -0.05) is 32.0 Å². The van der Waals surface area contributed by atoms with E-state index in [4.69, 9.17) is 5.73 Å². The number of nitrogens with two attached hydrogens (primary N) is 1. The molecule has 1 aromatic carbocycles. The van der Waals surface area contributed by atoms with E-state index in [0.717, 1.165) is 5.69 Å².